The first kappa shape index (κ1) is 22.8. The second kappa shape index (κ2) is 9.34. The van der Waals surface area contributed by atoms with Crippen molar-refractivity contribution >= 4 is 53.5 Å². The number of benzene rings is 2. The van der Waals surface area contributed by atoms with E-state index in [2.05, 4.69) is 19.9 Å². The van der Waals surface area contributed by atoms with Gasteiger partial charge in [0.15, 0.2) is 15.0 Å². The largest absolute Gasteiger partial charge is 0.379 e. The maximum Gasteiger partial charge on any atom is 0.280 e. The van der Waals surface area contributed by atoms with Crippen molar-refractivity contribution in [1.29, 1.82) is 0 Å². The van der Waals surface area contributed by atoms with Crippen LogP contribution in [0.3, 0.4) is 0 Å². The molecule has 1 aliphatic rings. The van der Waals surface area contributed by atoms with Crippen molar-refractivity contribution in [3.63, 3.8) is 0 Å². The number of hydrogen-bond acceptors (Lipinski definition) is 9. The fourth-order valence-electron chi connectivity index (χ4n) is 3.87. The summed E-state index contributed by atoms with van der Waals surface area (Å²) in [5.41, 5.74) is 1.92. The van der Waals surface area contributed by atoms with Gasteiger partial charge in [-0.15, -0.1) is 0 Å². The van der Waals surface area contributed by atoms with Crippen LogP contribution in [0.1, 0.15) is 10.5 Å². The smallest absolute Gasteiger partial charge is 0.280 e. The number of fused-ring (bicyclic) bond motifs is 2. The Bertz CT molecular complexity index is 1460. The predicted octanol–water partition coefficient (Wildman–Crippen LogP) is 2.62. The molecule has 0 unspecified atom stereocenters. The van der Waals surface area contributed by atoms with E-state index in [1.54, 1.807) is 11.0 Å². The second-order valence-corrected chi connectivity index (χ2v) is 11.0. The molecule has 2 aromatic heterocycles. The number of morpholine rings is 1. The first-order valence-electron chi connectivity index (χ1n) is 10.8. The van der Waals surface area contributed by atoms with Crippen LogP contribution in [-0.4, -0.2) is 79.8 Å². The summed E-state index contributed by atoms with van der Waals surface area (Å²) in [7, 11) is -3.47. The zero-order chi connectivity index (χ0) is 23.7. The van der Waals surface area contributed by atoms with E-state index in [4.69, 9.17) is 4.74 Å². The normalized spacial score (nSPS) is 15.1. The van der Waals surface area contributed by atoms with Gasteiger partial charge in [-0.3, -0.25) is 19.6 Å². The number of aromatic nitrogens is 3. The van der Waals surface area contributed by atoms with Crippen LogP contribution in [0.2, 0.25) is 0 Å². The lowest BCUT2D eigenvalue weighted by molar-refractivity contribution is 0.0391. The Kier molecular flexibility index (Phi) is 6.26. The Labute approximate surface area is 200 Å². The van der Waals surface area contributed by atoms with Crippen LogP contribution in [0.4, 0.5) is 5.13 Å². The van der Waals surface area contributed by atoms with Crippen LogP contribution in [0.15, 0.2) is 53.6 Å². The minimum atomic E-state index is -3.47. The van der Waals surface area contributed by atoms with Crippen LogP contribution in [0.5, 0.6) is 0 Å². The molecule has 1 aliphatic heterocycles. The molecule has 1 saturated heterocycles. The molecule has 3 heterocycles. The van der Waals surface area contributed by atoms with Gasteiger partial charge in [-0.05, 0) is 24.3 Å². The maximum atomic E-state index is 13.6. The van der Waals surface area contributed by atoms with E-state index in [1.165, 1.54) is 23.6 Å². The number of ether oxygens (including phenoxy) is 1. The minimum Gasteiger partial charge on any atom is -0.379 e. The monoisotopic (exact) mass is 497 g/mol. The van der Waals surface area contributed by atoms with E-state index in [9.17, 15) is 13.2 Å². The lowest BCUT2D eigenvalue weighted by Crippen LogP contribution is -2.43. The third-order valence-electron chi connectivity index (χ3n) is 5.66. The van der Waals surface area contributed by atoms with E-state index in [1.807, 2.05) is 30.3 Å². The molecule has 34 heavy (non-hydrogen) atoms. The van der Waals surface area contributed by atoms with Gasteiger partial charge in [0.05, 0.1) is 40.0 Å². The zero-order valence-corrected chi connectivity index (χ0v) is 20.2. The first-order valence-corrected chi connectivity index (χ1v) is 13.5. The fourth-order valence-corrected chi connectivity index (χ4v) is 5.79. The van der Waals surface area contributed by atoms with Crippen LogP contribution < -0.4 is 4.90 Å². The van der Waals surface area contributed by atoms with Crippen molar-refractivity contribution in [3.8, 4) is 0 Å². The Balaban J connectivity index is 1.54. The summed E-state index contributed by atoms with van der Waals surface area (Å²) in [5, 5.41) is 0.430. The van der Waals surface area contributed by atoms with Crippen LogP contribution >= 0.6 is 11.3 Å². The molecule has 176 valence electrons. The minimum absolute atomic E-state index is 0.151. The second-order valence-electron chi connectivity index (χ2n) is 8.03. The highest BCUT2D eigenvalue weighted by Crippen LogP contribution is 2.33. The Hall–Kier alpha value is -2.99. The lowest BCUT2D eigenvalue weighted by Gasteiger charge is -2.29. The molecule has 0 atom stereocenters. The average Bonchev–Trinajstić information content (AvgIpc) is 3.27. The summed E-state index contributed by atoms with van der Waals surface area (Å²) in [6.07, 6.45) is 2.63. The molecular formula is C23H23N5O4S2. The van der Waals surface area contributed by atoms with Gasteiger partial charge in [-0.1, -0.05) is 29.5 Å². The van der Waals surface area contributed by atoms with Gasteiger partial charge in [0.2, 0.25) is 0 Å². The van der Waals surface area contributed by atoms with Crippen LogP contribution in [0, 0.1) is 0 Å². The maximum absolute atomic E-state index is 13.6. The number of amides is 1. The molecule has 0 N–H and O–H groups in total. The van der Waals surface area contributed by atoms with Crippen molar-refractivity contribution in [1.82, 2.24) is 19.9 Å². The summed E-state index contributed by atoms with van der Waals surface area (Å²) in [6.45, 7) is 3.89. The SMILES string of the molecule is CS(=O)(=O)c1cccc2sc(N(CCN3CCOCC3)C(=O)c3cnc4ccccc4n3)nc12. The van der Waals surface area contributed by atoms with Gasteiger partial charge in [0, 0.05) is 32.4 Å². The van der Waals surface area contributed by atoms with Gasteiger partial charge in [0.25, 0.3) is 5.91 Å². The molecule has 0 aliphatic carbocycles. The van der Waals surface area contributed by atoms with Gasteiger partial charge in [0.1, 0.15) is 11.2 Å². The van der Waals surface area contributed by atoms with Gasteiger partial charge < -0.3 is 4.74 Å². The molecule has 4 aromatic rings. The molecule has 0 spiro atoms. The summed E-state index contributed by atoms with van der Waals surface area (Å²) in [5.74, 6) is -0.327. The van der Waals surface area contributed by atoms with E-state index in [-0.39, 0.29) is 16.5 Å². The number of carbonyl (C=O) groups is 1. The standard InChI is InChI=1S/C23H23N5O4S2/c1-34(30,31)20-8-4-7-19-21(20)26-23(33-19)28(10-9-27-11-13-32-14-12-27)22(29)18-15-24-16-5-2-3-6-17(16)25-18/h2-8,15H,9-14H2,1H3. The van der Waals surface area contributed by atoms with E-state index < -0.39 is 9.84 Å². The molecule has 0 radical (unpaired) electrons. The molecular weight excluding hydrogens is 474 g/mol. The third-order valence-corrected chi connectivity index (χ3v) is 7.83. The molecule has 1 fully saturated rings. The number of carbonyl (C=O) groups excluding carboxylic acids is 1. The molecule has 5 rings (SSSR count). The van der Waals surface area contributed by atoms with Crippen molar-refractivity contribution < 1.29 is 17.9 Å². The molecule has 0 saturated carbocycles. The lowest BCUT2D eigenvalue weighted by atomic mass is 10.3. The summed E-state index contributed by atoms with van der Waals surface area (Å²) in [6, 6.07) is 12.4. The summed E-state index contributed by atoms with van der Waals surface area (Å²) in [4.78, 5) is 31.1. The van der Waals surface area contributed by atoms with Crippen molar-refractivity contribution in [3.05, 3.63) is 54.4 Å². The number of hydrogen-bond donors (Lipinski definition) is 0. The third kappa shape index (κ3) is 4.64. The van der Waals surface area contributed by atoms with Crippen LogP contribution in [-0.2, 0) is 14.6 Å². The molecule has 11 heteroatoms. The van der Waals surface area contributed by atoms with E-state index >= 15 is 0 Å². The van der Waals surface area contributed by atoms with Crippen LogP contribution in [0.25, 0.3) is 21.3 Å². The number of rotatable bonds is 6. The number of para-hydroxylation sites is 3. The molecule has 9 nitrogen and oxygen atoms in total. The predicted molar refractivity (Wildman–Crippen MR) is 131 cm³/mol. The number of sulfone groups is 1. The Morgan fingerprint density at radius 1 is 1.09 bits per heavy atom. The highest BCUT2D eigenvalue weighted by Gasteiger charge is 2.26. The first-order chi connectivity index (χ1) is 16.4. The fraction of sp³-hybridized carbons (Fsp3) is 0.304. The summed E-state index contributed by atoms with van der Waals surface area (Å²) < 4.78 is 30.7. The zero-order valence-electron chi connectivity index (χ0n) is 18.5. The number of nitrogens with zero attached hydrogens (tertiary/aromatic N) is 5. The van der Waals surface area contributed by atoms with E-state index in [0.29, 0.717) is 52.7 Å². The van der Waals surface area contributed by atoms with Gasteiger partial charge in [-0.2, -0.15) is 0 Å². The highest BCUT2D eigenvalue weighted by atomic mass is 32.2. The Morgan fingerprint density at radius 3 is 2.62 bits per heavy atom. The summed E-state index contributed by atoms with van der Waals surface area (Å²) >= 11 is 1.29. The average molecular weight is 498 g/mol. The Morgan fingerprint density at radius 2 is 1.85 bits per heavy atom. The molecule has 2 aromatic carbocycles. The van der Waals surface area contributed by atoms with Crippen molar-refractivity contribution in [2.75, 3.05) is 50.5 Å². The van der Waals surface area contributed by atoms with Gasteiger partial charge in [-0.25, -0.2) is 18.4 Å². The quantitative estimate of drug-likeness (QED) is 0.400. The number of anilines is 1. The molecule has 1 amide bonds. The highest BCUT2D eigenvalue weighted by molar-refractivity contribution is 7.91. The van der Waals surface area contributed by atoms with Crippen molar-refractivity contribution in [2.24, 2.45) is 0 Å². The van der Waals surface area contributed by atoms with Crippen molar-refractivity contribution in [2.45, 2.75) is 4.90 Å². The van der Waals surface area contributed by atoms with Gasteiger partial charge >= 0.3 is 0 Å². The van der Waals surface area contributed by atoms with E-state index in [0.717, 1.165) is 19.3 Å². The topological polar surface area (TPSA) is 106 Å². The number of thiazole rings is 1. The molecule has 0 bridgehead atoms.